The molecule has 0 aliphatic rings. The standard InChI is InChI=1S/C26H21F5N6O/c27-20-6-8-22(23(28)9-20)25(38,14-37-16-32-15-34-37)13-36-12-18-3-7-21(10-24(18)35-36)33-11-17-1-4-19(5-2-17)26(29,30)31/h1-10,12,15-16,33,38H,11,13-14H2. The van der Waals surface area contributed by atoms with E-state index in [4.69, 9.17) is 0 Å². The first kappa shape index (κ1) is 25.3. The highest BCUT2D eigenvalue weighted by Crippen LogP contribution is 2.30. The van der Waals surface area contributed by atoms with Crippen molar-refractivity contribution >= 4 is 16.6 Å². The Balaban J connectivity index is 1.36. The molecular weight excluding hydrogens is 507 g/mol. The summed E-state index contributed by atoms with van der Waals surface area (Å²) in [6, 6.07) is 13.2. The normalized spacial score (nSPS) is 13.5. The van der Waals surface area contributed by atoms with Crippen LogP contribution in [0.5, 0.6) is 0 Å². The van der Waals surface area contributed by atoms with E-state index in [0.717, 1.165) is 23.6 Å². The Bertz CT molecular complexity index is 1550. The maximum Gasteiger partial charge on any atom is 0.416 e. The van der Waals surface area contributed by atoms with Gasteiger partial charge in [-0.1, -0.05) is 18.2 Å². The van der Waals surface area contributed by atoms with Gasteiger partial charge in [-0.05, 0) is 42.0 Å². The van der Waals surface area contributed by atoms with Crippen LogP contribution in [-0.2, 0) is 31.4 Å². The van der Waals surface area contributed by atoms with E-state index in [-0.39, 0.29) is 18.7 Å². The minimum Gasteiger partial charge on any atom is -0.381 e. The number of nitrogens with one attached hydrogen (secondary N) is 1. The number of hydrogen-bond acceptors (Lipinski definition) is 5. The summed E-state index contributed by atoms with van der Waals surface area (Å²) < 4.78 is 69.3. The zero-order chi connectivity index (χ0) is 26.9. The van der Waals surface area contributed by atoms with Gasteiger partial charge in [0.15, 0.2) is 0 Å². The first-order chi connectivity index (χ1) is 18.1. The highest BCUT2D eigenvalue weighted by molar-refractivity contribution is 5.81. The first-order valence-electron chi connectivity index (χ1n) is 11.5. The van der Waals surface area contributed by atoms with E-state index in [0.29, 0.717) is 29.4 Å². The number of nitrogens with zero attached hydrogens (tertiary/aromatic N) is 5. The van der Waals surface area contributed by atoms with E-state index in [1.165, 1.54) is 40.2 Å². The van der Waals surface area contributed by atoms with Crippen LogP contribution in [0.3, 0.4) is 0 Å². The monoisotopic (exact) mass is 528 g/mol. The second-order valence-corrected chi connectivity index (χ2v) is 8.90. The van der Waals surface area contributed by atoms with Gasteiger partial charge in [0.05, 0.1) is 24.2 Å². The number of alkyl halides is 3. The summed E-state index contributed by atoms with van der Waals surface area (Å²) in [4.78, 5) is 3.85. The molecule has 0 bridgehead atoms. The minimum absolute atomic E-state index is 0.118. The van der Waals surface area contributed by atoms with E-state index >= 15 is 0 Å². The van der Waals surface area contributed by atoms with Gasteiger partial charge in [0.1, 0.15) is 29.9 Å². The number of hydrogen-bond donors (Lipinski definition) is 2. The van der Waals surface area contributed by atoms with Gasteiger partial charge in [-0.15, -0.1) is 0 Å². The van der Waals surface area contributed by atoms with Crippen LogP contribution in [0.15, 0.2) is 79.5 Å². The van der Waals surface area contributed by atoms with Gasteiger partial charge >= 0.3 is 6.18 Å². The second-order valence-electron chi connectivity index (χ2n) is 8.90. The molecule has 0 spiro atoms. The van der Waals surface area contributed by atoms with Crippen molar-refractivity contribution < 1.29 is 27.1 Å². The van der Waals surface area contributed by atoms with Crippen molar-refractivity contribution in [2.45, 2.75) is 31.4 Å². The van der Waals surface area contributed by atoms with E-state index in [2.05, 4.69) is 20.5 Å². The number of anilines is 1. The van der Waals surface area contributed by atoms with E-state index in [1.54, 1.807) is 24.4 Å². The molecule has 1 unspecified atom stereocenters. The third-order valence-corrected chi connectivity index (χ3v) is 6.08. The summed E-state index contributed by atoms with van der Waals surface area (Å²) >= 11 is 0. The van der Waals surface area contributed by atoms with Gasteiger partial charge in [0.25, 0.3) is 0 Å². The Morgan fingerprint density at radius 2 is 1.66 bits per heavy atom. The molecule has 2 N–H and O–H groups in total. The van der Waals surface area contributed by atoms with Gasteiger partial charge in [-0.3, -0.25) is 4.68 Å². The lowest BCUT2D eigenvalue weighted by atomic mass is 9.93. The number of aliphatic hydroxyl groups is 1. The number of halogens is 5. The molecular formula is C26H21F5N6O. The fraction of sp³-hybridized carbons (Fsp3) is 0.192. The van der Waals surface area contributed by atoms with Crippen molar-refractivity contribution in [2.75, 3.05) is 5.32 Å². The molecule has 0 amide bonds. The lowest BCUT2D eigenvalue weighted by Crippen LogP contribution is -2.37. The average molecular weight is 528 g/mol. The van der Waals surface area contributed by atoms with Crippen LogP contribution >= 0.6 is 0 Å². The molecule has 0 aliphatic heterocycles. The van der Waals surface area contributed by atoms with Crippen molar-refractivity contribution in [2.24, 2.45) is 0 Å². The number of benzene rings is 3. The molecule has 2 heterocycles. The van der Waals surface area contributed by atoms with Gasteiger partial charge in [0, 0.05) is 35.4 Å². The number of aromatic nitrogens is 5. The van der Waals surface area contributed by atoms with Crippen LogP contribution in [0, 0.1) is 11.6 Å². The van der Waals surface area contributed by atoms with E-state index in [9.17, 15) is 27.1 Å². The number of rotatable bonds is 8. The van der Waals surface area contributed by atoms with E-state index < -0.39 is 29.0 Å². The summed E-state index contributed by atoms with van der Waals surface area (Å²) in [6.45, 7) is -0.0318. The molecule has 0 saturated heterocycles. The molecule has 12 heteroatoms. The molecule has 0 aliphatic carbocycles. The van der Waals surface area contributed by atoms with Crippen molar-refractivity contribution in [3.8, 4) is 0 Å². The molecule has 7 nitrogen and oxygen atoms in total. The van der Waals surface area contributed by atoms with Crippen LogP contribution in [0.1, 0.15) is 16.7 Å². The fourth-order valence-corrected chi connectivity index (χ4v) is 4.21. The Hall–Kier alpha value is -4.32. The third-order valence-electron chi connectivity index (χ3n) is 6.08. The highest BCUT2D eigenvalue weighted by atomic mass is 19.4. The topological polar surface area (TPSA) is 80.8 Å². The lowest BCUT2D eigenvalue weighted by molar-refractivity contribution is -0.137. The van der Waals surface area contributed by atoms with Gasteiger partial charge < -0.3 is 10.4 Å². The molecule has 2 aromatic heterocycles. The largest absolute Gasteiger partial charge is 0.416 e. The first-order valence-corrected chi connectivity index (χ1v) is 11.5. The number of fused-ring (bicyclic) bond motifs is 1. The summed E-state index contributed by atoms with van der Waals surface area (Å²) in [5.41, 5.74) is -0.735. The quantitative estimate of drug-likeness (QED) is 0.273. The predicted molar refractivity (Wildman–Crippen MR) is 129 cm³/mol. The molecule has 5 rings (SSSR count). The zero-order valence-electron chi connectivity index (χ0n) is 19.7. The molecule has 1 atom stereocenters. The average Bonchev–Trinajstić information content (AvgIpc) is 3.51. The van der Waals surface area contributed by atoms with Crippen LogP contribution in [0.25, 0.3) is 10.9 Å². The maximum absolute atomic E-state index is 14.7. The third kappa shape index (κ3) is 5.49. The van der Waals surface area contributed by atoms with Crippen LogP contribution in [0.2, 0.25) is 0 Å². The van der Waals surface area contributed by atoms with Crippen molar-refractivity contribution in [3.63, 3.8) is 0 Å². The molecule has 3 aromatic carbocycles. The van der Waals surface area contributed by atoms with Crippen molar-refractivity contribution in [1.82, 2.24) is 24.5 Å². The molecule has 0 saturated carbocycles. The van der Waals surface area contributed by atoms with Crippen LogP contribution < -0.4 is 5.32 Å². The van der Waals surface area contributed by atoms with Crippen LogP contribution in [-0.4, -0.2) is 29.7 Å². The summed E-state index contributed by atoms with van der Waals surface area (Å²) in [6.07, 6.45) is -0.0497. The summed E-state index contributed by atoms with van der Waals surface area (Å²) in [5.74, 6) is -1.67. The molecule has 196 valence electrons. The summed E-state index contributed by atoms with van der Waals surface area (Å²) in [5, 5.41) is 23.9. The predicted octanol–water partition coefficient (Wildman–Crippen LogP) is 5.12. The molecule has 38 heavy (non-hydrogen) atoms. The van der Waals surface area contributed by atoms with Crippen LogP contribution in [0.4, 0.5) is 27.6 Å². The lowest BCUT2D eigenvalue weighted by Gasteiger charge is -2.28. The Kier molecular flexibility index (Phi) is 6.57. The van der Waals surface area contributed by atoms with Crippen molar-refractivity contribution in [3.05, 3.63) is 108 Å². The zero-order valence-corrected chi connectivity index (χ0v) is 19.7. The SMILES string of the molecule is OC(Cn1cncn1)(Cn1cc2ccc(NCc3ccc(C(F)(F)F)cc3)cc2n1)c1ccc(F)cc1F. The second kappa shape index (κ2) is 9.86. The van der Waals surface area contributed by atoms with Crippen molar-refractivity contribution in [1.29, 1.82) is 0 Å². The Labute approximate surface area is 213 Å². The maximum atomic E-state index is 14.7. The van der Waals surface area contributed by atoms with Gasteiger partial charge in [-0.25, -0.2) is 18.4 Å². The van der Waals surface area contributed by atoms with Gasteiger partial charge in [-0.2, -0.15) is 23.4 Å². The Morgan fingerprint density at radius 3 is 2.34 bits per heavy atom. The molecule has 0 fully saturated rings. The highest BCUT2D eigenvalue weighted by Gasteiger charge is 2.35. The fourth-order valence-electron chi connectivity index (χ4n) is 4.21. The van der Waals surface area contributed by atoms with E-state index in [1.807, 2.05) is 0 Å². The smallest absolute Gasteiger partial charge is 0.381 e. The minimum atomic E-state index is -4.39. The summed E-state index contributed by atoms with van der Waals surface area (Å²) in [7, 11) is 0. The Morgan fingerprint density at radius 1 is 0.895 bits per heavy atom. The van der Waals surface area contributed by atoms with Gasteiger partial charge in [0.2, 0.25) is 0 Å². The molecule has 0 radical (unpaired) electrons. The molecule has 5 aromatic rings.